The number of nitrogens with one attached hydrogen (secondary N) is 1. The maximum atomic E-state index is 3.55. The van der Waals surface area contributed by atoms with Crippen molar-refractivity contribution < 1.29 is 0 Å². The van der Waals surface area contributed by atoms with Crippen LogP contribution in [0.1, 0.15) is 46.0 Å². The second-order valence-electron chi connectivity index (χ2n) is 4.81. The summed E-state index contributed by atoms with van der Waals surface area (Å²) in [5.41, 5.74) is 0. The SMILES string of the molecule is CCCCCCNCCN(C)C(CC)CSC. The maximum Gasteiger partial charge on any atom is 0.0181 e. The second kappa shape index (κ2) is 12.7. The zero-order valence-electron chi connectivity index (χ0n) is 12.3. The van der Waals surface area contributed by atoms with Crippen LogP contribution in [0.15, 0.2) is 0 Å². The first-order valence-corrected chi connectivity index (χ1v) is 8.55. The maximum absolute atomic E-state index is 3.55. The summed E-state index contributed by atoms with van der Waals surface area (Å²) in [5, 5.41) is 3.55. The van der Waals surface area contributed by atoms with Crippen molar-refractivity contribution in [1.29, 1.82) is 0 Å². The number of rotatable bonds is 12. The lowest BCUT2D eigenvalue weighted by atomic mass is 10.2. The molecule has 0 saturated carbocycles. The largest absolute Gasteiger partial charge is 0.315 e. The summed E-state index contributed by atoms with van der Waals surface area (Å²) in [6, 6.07) is 0.742. The van der Waals surface area contributed by atoms with Crippen LogP contribution in [0.3, 0.4) is 0 Å². The van der Waals surface area contributed by atoms with Gasteiger partial charge in [0.1, 0.15) is 0 Å². The van der Waals surface area contributed by atoms with Crippen molar-refractivity contribution >= 4 is 11.8 Å². The van der Waals surface area contributed by atoms with Crippen molar-refractivity contribution in [3.8, 4) is 0 Å². The number of nitrogens with zero attached hydrogens (tertiary/aromatic N) is 1. The van der Waals surface area contributed by atoms with Crippen molar-refractivity contribution in [3.05, 3.63) is 0 Å². The molecule has 0 amide bonds. The van der Waals surface area contributed by atoms with Gasteiger partial charge in [-0.2, -0.15) is 11.8 Å². The average Bonchev–Trinajstić information content (AvgIpc) is 2.34. The molecule has 0 radical (unpaired) electrons. The molecule has 1 atom stereocenters. The van der Waals surface area contributed by atoms with Gasteiger partial charge in [0.2, 0.25) is 0 Å². The van der Waals surface area contributed by atoms with Gasteiger partial charge >= 0.3 is 0 Å². The number of unbranched alkanes of at least 4 members (excludes halogenated alkanes) is 3. The molecule has 1 N–H and O–H groups in total. The Balaban J connectivity index is 3.39. The van der Waals surface area contributed by atoms with E-state index < -0.39 is 0 Å². The first-order chi connectivity index (χ1) is 8.26. The first kappa shape index (κ1) is 17.3. The van der Waals surface area contributed by atoms with Gasteiger partial charge in [0.25, 0.3) is 0 Å². The minimum atomic E-state index is 0.742. The van der Waals surface area contributed by atoms with Crippen LogP contribution in [0.25, 0.3) is 0 Å². The minimum Gasteiger partial charge on any atom is -0.315 e. The van der Waals surface area contributed by atoms with Crippen molar-refractivity contribution in [1.82, 2.24) is 10.2 Å². The summed E-state index contributed by atoms with van der Waals surface area (Å²) in [5.74, 6) is 1.25. The van der Waals surface area contributed by atoms with Gasteiger partial charge in [-0.05, 0) is 32.7 Å². The van der Waals surface area contributed by atoms with Crippen LogP contribution in [0.4, 0.5) is 0 Å². The van der Waals surface area contributed by atoms with Gasteiger partial charge in [0.15, 0.2) is 0 Å². The normalized spacial score (nSPS) is 13.2. The number of thioether (sulfide) groups is 1. The molecule has 104 valence electrons. The molecule has 2 nitrogen and oxygen atoms in total. The second-order valence-corrected chi connectivity index (χ2v) is 5.72. The topological polar surface area (TPSA) is 15.3 Å². The molecule has 0 heterocycles. The van der Waals surface area contributed by atoms with Gasteiger partial charge in [-0.25, -0.2) is 0 Å². The third kappa shape index (κ3) is 9.93. The van der Waals surface area contributed by atoms with E-state index in [1.807, 2.05) is 11.8 Å². The predicted octanol–water partition coefficient (Wildman–Crippen LogP) is 3.23. The molecule has 0 fully saturated rings. The lowest BCUT2D eigenvalue weighted by molar-refractivity contribution is 0.256. The summed E-state index contributed by atoms with van der Waals surface area (Å²) in [7, 11) is 2.25. The van der Waals surface area contributed by atoms with Crippen LogP contribution >= 0.6 is 11.8 Å². The summed E-state index contributed by atoms with van der Waals surface area (Å²) in [6.07, 6.45) is 8.88. The van der Waals surface area contributed by atoms with E-state index in [0.717, 1.165) is 12.6 Å². The molecule has 0 rings (SSSR count). The van der Waals surface area contributed by atoms with Crippen LogP contribution < -0.4 is 5.32 Å². The van der Waals surface area contributed by atoms with Gasteiger partial charge < -0.3 is 10.2 Å². The Labute approximate surface area is 113 Å². The van der Waals surface area contributed by atoms with E-state index in [9.17, 15) is 0 Å². The molecule has 0 aliphatic rings. The molecule has 3 heteroatoms. The van der Waals surface area contributed by atoms with Crippen molar-refractivity contribution in [2.75, 3.05) is 38.7 Å². The van der Waals surface area contributed by atoms with Crippen LogP contribution in [-0.2, 0) is 0 Å². The highest BCUT2D eigenvalue weighted by atomic mass is 32.2. The lowest BCUT2D eigenvalue weighted by Crippen LogP contribution is -2.38. The highest BCUT2D eigenvalue weighted by molar-refractivity contribution is 7.98. The van der Waals surface area contributed by atoms with E-state index in [0.29, 0.717) is 0 Å². The van der Waals surface area contributed by atoms with Gasteiger partial charge in [0.05, 0.1) is 0 Å². The van der Waals surface area contributed by atoms with E-state index >= 15 is 0 Å². The van der Waals surface area contributed by atoms with Gasteiger partial charge in [-0.3, -0.25) is 0 Å². The third-order valence-corrected chi connectivity index (χ3v) is 4.02. The van der Waals surface area contributed by atoms with E-state index in [4.69, 9.17) is 0 Å². The standard InChI is InChI=1S/C14H32N2S/c1-5-7-8-9-10-15-11-12-16(3)14(6-2)13-17-4/h14-15H,5-13H2,1-4H3. The smallest absolute Gasteiger partial charge is 0.0181 e. The zero-order chi connectivity index (χ0) is 12.9. The Bertz CT molecular complexity index is 153. The Kier molecular flexibility index (Phi) is 12.9. The molecular weight excluding hydrogens is 228 g/mol. The Morgan fingerprint density at radius 1 is 1.12 bits per heavy atom. The van der Waals surface area contributed by atoms with Crippen molar-refractivity contribution in [3.63, 3.8) is 0 Å². The zero-order valence-corrected chi connectivity index (χ0v) is 13.1. The summed E-state index contributed by atoms with van der Waals surface area (Å²) in [6.45, 7) is 8.04. The molecule has 0 aliphatic heterocycles. The van der Waals surface area contributed by atoms with Crippen LogP contribution in [0, 0.1) is 0 Å². The Morgan fingerprint density at radius 3 is 2.47 bits per heavy atom. The molecule has 0 aromatic heterocycles. The Hall–Kier alpha value is 0.270. The van der Waals surface area contributed by atoms with Crippen LogP contribution in [-0.4, -0.2) is 49.6 Å². The van der Waals surface area contributed by atoms with E-state index in [1.165, 1.54) is 50.9 Å². The average molecular weight is 260 g/mol. The molecular formula is C14H32N2S. The third-order valence-electron chi connectivity index (χ3n) is 3.30. The highest BCUT2D eigenvalue weighted by Gasteiger charge is 2.10. The van der Waals surface area contributed by atoms with Gasteiger partial charge in [-0.1, -0.05) is 33.1 Å². The van der Waals surface area contributed by atoms with Crippen molar-refractivity contribution in [2.24, 2.45) is 0 Å². The summed E-state index contributed by atoms with van der Waals surface area (Å²) in [4.78, 5) is 2.50. The molecule has 0 aromatic rings. The quantitative estimate of drug-likeness (QED) is 0.542. The molecule has 0 saturated heterocycles. The van der Waals surface area contributed by atoms with Crippen molar-refractivity contribution in [2.45, 2.75) is 52.0 Å². The molecule has 17 heavy (non-hydrogen) atoms. The van der Waals surface area contributed by atoms with Gasteiger partial charge in [-0.15, -0.1) is 0 Å². The van der Waals surface area contributed by atoms with E-state index in [1.54, 1.807) is 0 Å². The lowest BCUT2D eigenvalue weighted by Gasteiger charge is -2.26. The number of hydrogen-bond donors (Lipinski definition) is 1. The molecule has 0 aliphatic carbocycles. The van der Waals surface area contributed by atoms with Gasteiger partial charge in [0, 0.05) is 24.9 Å². The van der Waals surface area contributed by atoms with Crippen LogP contribution in [0.2, 0.25) is 0 Å². The molecule has 0 spiro atoms. The fourth-order valence-corrected chi connectivity index (χ4v) is 2.86. The molecule has 0 aromatic carbocycles. The van der Waals surface area contributed by atoms with Crippen LogP contribution in [0.5, 0.6) is 0 Å². The predicted molar refractivity (Wildman–Crippen MR) is 82.1 cm³/mol. The summed E-state index contributed by atoms with van der Waals surface area (Å²) < 4.78 is 0. The minimum absolute atomic E-state index is 0.742. The molecule has 1 unspecified atom stereocenters. The van der Waals surface area contributed by atoms with E-state index in [2.05, 4.69) is 37.4 Å². The fraction of sp³-hybridized carbons (Fsp3) is 1.00. The first-order valence-electron chi connectivity index (χ1n) is 7.16. The monoisotopic (exact) mass is 260 g/mol. The fourth-order valence-electron chi connectivity index (χ4n) is 1.99. The van der Waals surface area contributed by atoms with E-state index in [-0.39, 0.29) is 0 Å². The molecule has 0 bridgehead atoms. The Morgan fingerprint density at radius 2 is 1.88 bits per heavy atom. The number of hydrogen-bond acceptors (Lipinski definition) is 3. The highest BCUT2D eigenvalue weighted by Crippen LogP contribution is 2.07. The number of likely N-dealkylation sites (N-methyl/N-ethyl adjacent to an activating group) is 1. The summed E-state index contributed by atoms with van der Waals surface area (Å²) >= 11 is 1.95.